The van der Waals surface area contributed by atoms with E-state index in [0.29, 0.717) is 0 Å². The normalized spacial score (nSPS) is 31.1. The number of rotatable bonds is 3. The number of hydrogen-bond donors (Lipinski definition) is 0. The maximum atomic E-state index is 5.34. The van der Waals surface area contributed by atoms with Gasteiger partial charge >= 0.3 is 0 Å². The van der Waals surface area contributed by atoms with Crippen LogP contribution < -0.4 is 0 Å². The van der Waals surface area contributed by atoms with Gasteiger partial charge in [0.15, 0.2) is 0 Å². The minimum atomic E-state index is 0.827. The van der Waals surface area contributed by atoms with Gasteiger partial charge in [0.25, 0.3) is 0 Å². The number of methoxy groups -OCH3 is 1. The summed E-state index contributed by atoms with van der Waals surface area (Å²) < 4.78 is 5.34. The molecule has 0 aromatic carbocycles. The zero-order valence-corrected chi connectivity index (χ0v) is 8.92. The summed E-state index contributed by atoms with van der Waals surface area (Å²) in [5, 5.41) is 0. The molecule has 0 aromatic heterocycles. The summed E-state index contributed by atoms with van der Waals surface area (Å²) in [4.78, 5) is 3.79. The molecule has 0 N–H and O–H groups in total. The van der Waals surface area contributed by atoms with Gasteiger partial charge in [0, 0.05) is 0 Å². The van der Waals surface area contributed by atoms with Crippen molar-refractivity contribution in [3.8, 4) is 0 Å². The van der Waals surface area contributed by atoms with Crippen molar-refractivity contribution in [3.05, 3.63) is 23.1 Å². The van der Waals surface area contributed by atoms with E-state index in [1.54, 1.807) is 13.3 Å². The van der Waals surface area contributed by atoms with E-state index < -0.39 is 0 Å². The molecule has 0 bridgehead atoms. The van der Waals surface area contributed by atoms with Crippen molar-refractivity contribution in [3.63, 3.8) is 0 Å². The quantitative estimate of drug-likeness (QED) is 0.496. The third kappa shape index (κ3) is 1.29. The molecule has 0 radical (unpaired) electrons. The fraction of sp³-hybridized carbons (Fsp3) is 0.583. The van der Waals surface area contributed by atoms with E-state index in [-0.39, 0.29) is 0 Å². The van der Waals surface area contributed by atoms with Gasteiger partial charge in [-0.2, -0.15) is 0 Å². The minimum Gasteiger partial charge on any atom is -0.495 e. The summed E-state index contributed by atoms with van der Waals surface area (Å²) in [6, 6.07) is 0. The van der Waals surface area contributed by atoms with Crippen LogP contribution in [0.2, 0.25) is 0 Å². The van der Waals surface area contributed by atoms with Gasteiger partial charge in [-0.15, -0.1) is 0 Å². The molecule has 0 spiro atoms. The van der Waals surface area contributed by atoms with Gasteiger partial charge in [-0.3, -0.25) is 4.99 Å². The standard InChI is InChI=1S/C12H17NO/c1-8-10-5-4-9(10)6-11(8)12(14-3)7-13-2/h7,9-10H,2,4-6H2,1,3H3/b12-7+. The summed E-state index contributed by atoms with van der Waals surface area (Å²) in [7, 11) is 1.71. The topological polar surface area (TPSA) is 21.6 Å². The lowest BCUT2D eigenvalue weighted by Crippen LogP contribution is -2.21. The van der Waals surface area contributed by atoms with Crippen LogP contribution >= 0.6 is 0 Å². The van der Waals surface area contributed by atoms with Crippen molar-refractivity contribution >= 4 is 6.72 Å². The molecule has 0 saturated heterocycles. The van der Waals surface area contributed by atoms with E-state index in [0.717, 1.165) is 17.6 Å². The third-order valence-electron chi connectivity index (χ3n) is 3.64. The molecule has 2 atom stereocenters. The van der Waals surface area contributed by atoms with Gasteiger partial charge in [0.2, 0.25) is 0 Å². The van der Waals surface area contributed by atoms with Crippen LogP contribution in [0.15, 0.2) is 28.1 Å². The van der Waals surface area contributed by atoms with Crippen molar-refractivity contribution in [2.75, 3.05) is 7.11 Å². The number of fused-ring (bicyclic) bond motifs is 1. The Bertz CT molecular complexity index is 314. The first-order valence-electron chi connectivity index (χ1n) is 5.18. The van der Waals surface area contributed by atoms with Crippen LogP contribution in [-0.4, -0.2) is 13.8 Å². The molecule has 0 aromatic rings. The number of ether oxygens (including phenoxy) is 1. The molecule has 1 fully saturated rings. The van der Waals surface area contributed by atoms with Crippen molar-refractivity contribution in [2.45, 2.75) is 26.2 Å². The molecule has 0 aliphatic heterocycles. The zero-order chi connectivity index (χ0) is 10.1. The SMILES string of the molecule is C=N/C=C(/OC)C1=C(C)C2CCC2C1. The molecule has 76 valence electrons. The highest BCUT2D eigenvalue weighted by Gasteiger charge is 2.39. The molecule has 0 amide bonds. The monoisotopic (exact) mass is 191 g/mol. The lowest BCUT2D eigenvalue weighted by atomic mass is 9.74. The number of hydrogen-bond acceptors (Lipinski definition) is 2. The number of aliphatic imine (C=N–C) groups is 1. The highest BCUT2D eigenvalue weighted by molar-refractivity contribution is 5.39. The van der Waals surface area contributed by atoms with Crippen LogP contribution in [0.1, 0.15) is 26.2 Å². The van der Waals surface area contributed by atoms with Crippen LogP contribution in [0.5, 0.6) is 0 Å². The van der Waals surface area contributed by atoms with Crippen LogP contribution in [0.25, 0.3) is 0 Å². The van der Waals surface area contributed by atoms with Crippen molar-refractivity contribution in [2.24, 2.45) is 16.8 Å². The first-order valence-corrected chi connectivity index (χ1v) is 5.18. The van der Waals surface area contributed by atoms with Gasteiger partial charge in [-0.1, -0.05) is 5.57 Å². The highest BCUT2D eigenvalue weighted by Crippen LogP contribution is 2.51. The van der Waals surface area contributed by atoms with Crippen molar-refractivity contribution in [1.82, 2.24) is 0 Å². The van der Waals surface area contributed by atoms with E-state index in [1.807, 2.05) is 0 Å². The molecular weight excluding hydrogens is 174 g/mol. The Morgan fingerprint density at radius 1 is 1.57 bits per heavy atom. The lowest BCUT2D eigenvalue weighted by molar-refractivity contribution is 0.235. The third-order valence-corrected chi connectivity index (χ3v) is 3.64. The molecular formula is C12H17NO. The predicted molar refractivity (Wildman–Crippen MR) is 58.2 cm³/mol. The zero-order valence-electron chi connectivity index (χ0n) is 8.92. The van der Waals surface area contributed by atoms with Crippen LogP contribution in [0.4, 0.5) is 0 Å². The van der Waals surface area contributed by atoms with Crippen LogP contribution in [-0.2, 0) is 4.74 Å². The maximum absolute atomic E-state index is 5.34. The number of allylic oxidation sites excluding steroid dienone is 2. The van der Waals surface area contributed by atoms with E-state index >= 15 is 0 Å². The second-order valence-electron chi connectivity index (χ2n) is 4.19. The highest BCUT2D eigenvalue weighted by atomic mass is 16.5. The summed E-state index contributed by atoms with van der Waals surface area (Å²) >= 11 is 0. The molecule has 0 heterocycles. The van der Waals surface area contributed by atoms with Gasteiger partial charge in [0.1, 0.15) is 5.76 Å². The van der Waals surface area contributed by atoms with Gasteiger partial charge in [-0.25, -0.2) is 0 Å². The predicted octanol–water partition coefficient (Wildman–Crippen LogP) is 2.92. The molecule has 2 aliphatic carbocycles. The smallest absolute Gasteiger partial charge is 0.140 e. The van der Waals surface area contributed by atoms with E-state index in [1.165, 1.54) is 30.4 Å². The molecule has 1 saturated carbocycles. The van der Waals surface area contributed by atoms with Crippen molar-refractivity contribution < 1.29 is 4.74 Å². The summed E-state index contributed by atoms with van der Waals surface area (Å²) in [5.41, 5.74) is 2.88. The Kier molecular flexibility index (Phi) is 2.44. The van der Waals surface area contributed by atoms with Crippen molar-refractivity contribution in [1.29, 1.82) is 0 Å². The Morgan fingerprint density at radius 2 is 2.36 bits per heavy atom. The molecule has 2 heteroatoms. The van der Waals surface area contributed by atoms with Gasteiger partial charge in [-0.05, 0) is 50.3 Å². The minimum absolute atomic E-state index is 0.827. The maximum Gasteiger partial charge on any atom is 0.140 e. The molecule has 14 heavy (non-hydrogen) atoms. The first-order chi connectivity index (χ1) is 6.77. The fourth-order valence-electron chi connectivity index (χ4n) is 2.66. The van der Waals surface area contributed by atoms with Gasteiger partial charge in [0.05, 0.1) is 13.3 Å². The Hall–Kier alpha value is -1.05. The van der Waals surface area contributed by atoms with E-state index in [9.17, 15) is 0 Å². The average molecular weight is 191 g/mol. The summed E-state index contributed by atoms with van der Waals surface area (Å²) in [5.74, 6) is 2.62. The van der Waals surface area contributed by atoms with E-state index in [2.05, 4.69) is 18.6 Å². The second kappa shape index (κ2) is 3.60. The molecule has 2 unspecified atom stereocenters. The Labute approximate surface area is 85.4 Å². The molecule has 2 rings (SSSR count). The molecule has 2 nitrogen and oxygen atoms in total. The summed E-state index contributed by atoms with van der Waals surface area (Å²) in [6.07, 6.45) is 5.64. The molecule has 2 aliphatic rings. The Balaban J connectivity index is 2.24. The largest absolute Gasteiger partial charge is 0.495 e. The fourth-order valence-corrected chi connectivity index (χ4v) is 2.66. The first kappa shape index (κ1) is 9.50. The lowest BCUT2D eigenvalue weighted by Gasteiger charge is -2.31. The number of nitrogens with zero attached hydrogens (tertiary/aromatic N) is 1. The average Bonchev–Trinajstić information content (AvgIpc) is 2.34. The van der Waals surface area contributed by atoms with Crippen LogP contribution in [0.3, 0.4) is 0 Å². The van der Waals surface area contributed by atoms with Gasteiger partial charge < -0.3 is 4.74 Å². The second-order valence-corrected chi connectivity index (χ2v) is 4.19. The van der Waals surface area contributed by atoms with Crippen LogP contribution in [0, 0.1) is 11.8 Å². The summed E-state index contributed by atoms with van der Waals surface area (Å²) in [6.45, 7) is 5.70. The Morgan fingerprint density at radius 3 is 2.71 bits per heavy atom. The van der Waals surface area contributed by atoms with E-state index in [4.69, 9.17) is 4.74 Å².